The summed E-state index contributed by atoms with van der Waals surface area (Å²) < 4.78 is 38.6. The lowest BCUT2D eigenvalue weighted by atomic mass is 10.2. The molecular weight excluding hydrogens is 219 g/mol. The van der Waals surface area contributed by atoms with Gasteiger partial charge in [0.25, 0.3) is 0 Å². The molecule has 0 bridgehead atoms. The molecule has 1 aliphatic heterocycles. The van der Waals surface area contributed by atoms with Gasteiger partial charge >= 0.3 is 18.1 Å². The van der Waals surface area contributed by atoms with E-state index in [9.17, 15) is 22.8 Å². The van der Waals surface area contributed by atoms with Crippen molar-refractivity contribution in [2.24, 2.45) is 0 Å². The number of esters is 2. The summed E-state index contributed by atoms with van der Waals surface area (Å²) in [4.78, 5) is 21.2. The molecule has 0 unspecified atom stereocenters. The minimum atomic E-state index is -5.19. The highest BCUT2D eigenvalue weighted by molar-refractivity contribution is 5.91. The highest BCUT2D eigenvalue weighted by atomic mass is 19.4. The van der Waals surface area contributed by atoms with E-state index in [0.29, 0.717) is 0 Å². The Morgan fingerprint density at radius 3 is 2.40 bits per heavy atom. The van der Waals surface area contributed by atoms with Crippen LogP contribution in [0.1, 0.15) is 6.42 Å². The minimum Gasteiger partial charge on any atom is -0.392 e. The van der Waals surface area contributed by atoms with Gasteiger partial charge in [-0.2, -0.15) is 13.2 Å². The third kappa shape index (κ3) is 3.17. The molecule has 0 aliphatic carbocycles. The molecule has 1 rings (SSSR count). The predicted octanol–water partition coefficient (Wildman–Crippen LogP) is -0.659. The van der Waals surface area contributed by atoms with Gasteiger partial charge in [-0.25, -0.2) is 9.59 Å². The first-order chi connectivity index (χ1) is 6.80. The molecule has 0 aromatic carbocycles. The molecule has 0 saturated carbocycles. The van der Waals surface area contributed by atoms with Gasteiger partial charge < -0.3 is 15.2 Å². The number of hydrogen-bond acceptors (Lipinski definition) is 5. The third-order valence-corrected chi connectivity index (χ3v) is 1.82. The number of halogens is 3. The largest absolute Gasteiger partial charge is 0.491 e. The summed E-state index contributed by atoms with van der Waals surface area (Å²) in [7, 11) is 0. The summed E-state index contributed by atoms with van der Waals surface area (Å²) in [6, 6.07) is -1.06. The average Bonchev–Trinajstić information content (AvgIpc) is 2.50. The normalized spacial score (nSPS) is 26.4. The Bertz CT molecular complexity index is 278. The van der Waals surface area contributed by atoms with Crippen LogP contribution in [0.2, 0.25) is 0 Å². The molecule has 2 atom stereocenters. The average molecular weight is 227 g/mol. The van der Waals surface area contributed by atoms with Crippen LogP contribution in [0, 0.1) is 0 Å². The lowest BCUT2D eigenvalue weighted by Gasteiger charge is -2.09. The SMILES string of the molecule is O=C(OC(=O)C(F)(F)F)[C@@H]1C[C@H](O)CN1. The Labute approximate surface area is 82.2 Å². The fraction of sp³-hybridized carbons (Fsp3) is 0.714. The van der Waals surface area contributed by atoms with Gasteiger partial charge in [0.05, 0.1) is 6.10 Å². The van der Waals surface area contributed by atoms with Crippen LogP contribution in [0.4, 0.5) is 13.2 Å². The van der Waals surface area contributed by atoms with E-state index in [0.717, 1.165) is 0 Å². The Hall–Kier alpha value is -1.15. The number of aliphatic hydroxyl groups excluding tert-OH is 1. The quantitative estimate of drug-likeness (QED) is 0.459. The van der Waals surface area contributed by atoms with E-state index in [1.807, 2.05) is 0 Å². The zero-order valence-corrected chi connectivity index (χ0v) is 7.37. The summed E-state index contributed by atoms with van der Waals surface area (Å²) >= 11 is 0. The van der Waals surface area contributed by atoms with E-state index in [4.69, 9.17) is 5.11 Å². The second kappa shape index (κ2) is 4.15. The van der Waals surface area contributed by atoms with Crippen molar-refractivity contribution in [1.82, 2.24) is 5.32 Å². The third-order valence-electron chi connectivity index (χ3n) is 1.82. The van der Waals surface area contributed by atoms with Crippen LogP contribution in [0.25, 0.3) is 0 Å². The van der Waals surface area contributed by atoms with Crippen molar-refractivity contribution in [1.29, 1.82) is 0 Å². The number of hydrogen-bond donors (Lipinski definition) is 2. The first-order valence-corrected chi connectivity index (χ1v) is 4.05. The van der Waals surface area contributed by atoms with E-state index in [2.05, 4.69) is 10.1 Å². The second-order valence-corrected chi connectivity index (χ2v) is 3.06. The maximum atomic E-state index is 11.7. The second-order valence-electron chi connectivity index (χ2n) is 3.06. The molecule has 5 nitrogen and oxygen atoms in total. The van der Waals surface area contributed by atoms with Crippen LogP contribution in [-0.2, 0) is 14.3 Å². The van der Waals surface area contributed by atoms with Crippen molar-refractivity contribution in [2.45, 2.75) is 24.7 Å². The number of rotatable bonds is 1. The predicted molar refractivity (Wildman–Crippen MR) is 39.6 cm³/mol. The highest BCUT2D eigenvalue weighted by Crippen LogP contribution is 2.17. The molecule has 15 heavy (non-hydrogen) atoms. The van der Waals surface area contributed by atoms with Crippen LogP contribution in [0.3, 0.4) is 0 Å². The maximum absolute atomic E-state index is 11.7. The van der Waals surface area contributed by atoms with Crippen molar-refractivity contribution >= 4 is 11.9 Å². The maximum Gasteiger partial charge on any atom is 0.491 e. The number of nitrogens with one attached hydrogen (secondary N) is 1. The molecule has 0 radical (unpaired) electrons. The molecule has 0 amide bonds. The Morgan fingerprint density at radius 1 is 1.40 bits per heavy atom. The minimum absolute atomic E-state index is 0.0655. The Morgan fingerprint density at radius 2 is 2.00 bits per heavy atom. The van der Waals surface area contributed by atoms with Crippen LogP contribution in [0.15, 0.2) is 0 Å². The van der Waals surface area contributed by atoms with E-state index in [1.54, 1.807) is 0 Å². The summed E-state index contributed by atoms with van der Waals surface area (Å²) in [6.45, 7) is 0.0833. The molecule has 86 valence electrons. The van der Waals surface area contributed by atoms with Crippen molar-refractivity contribution < 1.29 is 32.6 Å². The Balaban J connectivity index is 2.46. The van der Waals surface area contributed by atoms with E-state index >= 15 is 0 Å². The summed E-state index contributed by atoms with van der Waals surface area (Å²) in [5.41, 5.74) is 0. The van der Waals surface area contributed by atoms with Crippen LogP contribution in [0.5, 0.6) is 0 Å². The van der Waals surface area contributed by atoms with Crippen LogP contribution in [-0.4, -0.2) is 41.9 Å². The number of carbonyl (C=O) groups is 2. The zero-order chi connectivity index (χ0) is 11.6. The van der Waals surface area contributed by atoms with Crippen LogP contribution >= 0.6 is 0 Å². The topological polar surface area (TPSA) is 75.6 Å². The van der Waals surface area contributed by atoms with Gasteiger partial charge in [-0.05, 0) is 0 Å². The lowest BCUT2D eigenvalue weighted by Crippen LogP contribution is -2.37. The number of alkyl halides is 3. The molecule has 0 spiro atoms. The van der Waals surface area contributed by atoms with E-state index in [-0.39, 0.29) is 13.0 Å². The summed E-state index contributed by atoms with van der Waals surface area (Å²) in [6.07, 6.45) is -6.07. The highest BCUT2D eigenvalue weighted by Gasteiger charge is 2.44. The first kappa shape index (κ1) is 11.9. The number of β-amino-alcohol motifs (C(OH)–C–C–N with tert-alkyl or cyclic N) is 1. The zero-order valence-electron chi connectivity index (χ0n) is 7.37. The van der Waals surface area contributed by atoms with Gasteiger partial charge in [-0.1, -0.05) is 0 Å². The van der Waals surface area contributed by atoms with Gasteiger partial charge in [0.2, 0.25) is 0 Å². The summed E-state index contributed by atoms with van der Waals surface area (Å²) in [5, 5.41) is 11.4. The fourth-order valence-electron chi connectivity index (χ4n) is 1.12. The molecule has 1 fully saturated rings. The number of carbonyl (C=O) groups excluding carboxylic acids is 2. The van der Waals surface area contributed by atoms with Crippen molar-refractivity contribution in [2.75, 3.05) is 6.54 Å². The monoisotopic (exact) mass is 227 g/mol. The van der Waals surface area contributed by atoms with Crippen molar-refractivity contribution in [3.05, 3.63) is 0 Å². The molecule has 1 saturated heterocycles. The smallest absolute Gasteiger partial charge is 0.392 e. The lowest BCUT2D eigenvalue weighted by molar-refractivity contribution is -0.202. The van der Waals surface area contributed by atoms with Gasteiger partial charge in [-0.15, -0.1) is 0 Å². The molecule has 8 heteroatoms. The molecule has 1 aliphatic rings. The Kier molecular flexibility index (Phi) is 3.30. The standard InChI is InChI=1S/C7H8F3NO4/c8-7(9,10)6(14)15-5(13)4-1-3(12)2-11-4/h3-4,11-12H,1-2H2/t3-,4-/m0/s1. The number of aliphatic hydroxyl groups is 1. The van der Waals surface area contributed by atoms with Gasteiger partial charge in [0, 0.05) is 13.0 Å². The van der Waals surface area contributed by atoms with Crippen molar-refractivity contribution in [3.63, 3.8) is 0 Å². The van der Waals surface area contributed by atoms with E-state index in [1.165, 1.54) is 0 Å². The molecule has 2 N–H and O–H groups in total. The van der Waals surface area contributed by atoms with Gasteiger partial charge in [0.15, 0.2) is 0 Å². The summed E-state index contributed by atoms with van der Waals surface area (Å²) in [5.74, 6) is -3.87. The number of ether oxygens (including phenoxy) is 1. The molecule has 0 aromatic heterocycles. The molecule has 0 aromatic rings. The molecule has 1 heterocycles. The van der Waals surface area contributed by atoms with Gasteiger partial charge in [0.1, 0.15) is 6.04 Å². The van der Waals surface area contributed by atoms with E-state index < -0.39 is 30.3 Å². The van der Waals surface area contributed by atoms with Crippen LogP contribution < -0.4 is 5.32 Å². The fourth-order valence-corrected chi connectivity index (χ4v) is 1.12. The molecular formula is C7H8F3NO4. The van der Waals surface area contributed by atoms with Crippen molar-refractivity contribution in [3.8, 4) is 0 Å². The van der Waals surface area contributed by atoms with Gasteiger partial charge in [-0.3, -0.25) is 0 Å². The first-order valence-electron chi connectivity index (χ1n) is 4.05.